The monoisotopic (exact) mass is 692 g/mol. The van der Waals surface area contributed by atoms with Crippen LogP contribution in [0, 0.1) is 6.92 Å². The Hall–Kier alpha value is -3.83. The van der Waals surface area contributed by atoms with E-state index in [0.717, 1.165) is 39.7 Å². The van der Waals surface area contributed by atoms with E-state index in [4.69, 9.17) is 18.9 Å². The van der Waals surface area contributed by atoms with Crippen LogP contribution in [0.25, 0.3) is 11.0 Å². The fourth-order valence-corrected chi connectivity index (χ4v) is 7.60. The number of aryl methyl sites for hydroxylation is 1. The van der Waals surface area contributed by atoms with Gasteiger partial charge >= 0.3 is 0 Å². The van der Waals surface area contributed by atoms with E-state index in [1.54, 1.807) is 37.7 Å². The van der Waals surface area contributed by atoms with Crippen molar-refractivity contribution in [3.63, 3.8) is 0 Å². The minimum atomic E-state index is -2.32. The predicted molar refractivity (Wildman–Crippen MR) is 181 cm³/mol. The third-order valence-corrected chi connectivity index (χ3v) is 10.4. The standard InChI is InChI=1S/C36H42N4O10/c1-5-25-21-6-9-38-24(21)15-40(25)31-32-20(13-22-27(42)12-19(2)48-33(22)31)14-30(35(3,4)49-32)50-47-17-29(44)36(46,34(45)28(43)16-41)18-39-11-8-23-26(39)7-10-37-23/h6-13,26,28-30,34,41,43-46H,5,14-18H2,1-4H3/p+2/t26?,28-,29+,30-,34-,36-/m1/s1. The molecule has 0 bridgehead atoms. The molecular weight excluding hydrogens is 648 g/mol. The van der Waals surface area contributed by atoms with Crippen molar-refractivity contribution in [2.75, 3.05) is 26.3 Å². The van der Waals surface area contributed by atoms with Crippen LogP contribution >= 0.6 is 0 Å². The van der Waals surface area contributed by atoms with Crippen molar-refractivity contribution in [3.8, 4) is 5.75 Å². The summed E-state index contributed by atoms with van der Waals surface area (Å²) in [6, 6.07) is 3.00. The first-order valence-electron chi connectivity index (χ1n) is 16.9. The number of aliphatic hydroxyl groups is 5. The van der Waals surface area contributed by atoms with Crippen molar-refractivity contribution in [3.05, 3.63) is 81.8 Å². The molecule has 50 heavy (non-hydrogen) atoms. The molecule has 2 aromatic rings. The first kappa shape index (κ1) is 34.6. The van der Waals surface area contributed by atoms with Gasteiger partial charge in [-0.1, -0.05) is 6.92 Å². The topological polar surface area (TPSA) is 193 Å². The van der Waals surface area contributed by atoms with Crippen LogP contribution in [0.4, 0.5) is 5.69 Å². The van der Waals surface area contributed by atoms with Gasteiger partial charge in [-0.05, 0) is 39.0 Å². The van der Waals surface area contributed by atoms with E-state index in [-0.39, 0.29) is 24.4 Å². The first-order chi connectivity index (χ1) is 23.9. The Morgan fingerprint density at radius 2 is 1.96 bits per heavy atom. The molecule has 266 valence electrons. The lowest BCUT2D eigenvalue weighted by molar-refractivity contribution is -0.861. The Balaban J connectivity index is 1.15. The predicted octanol–water partition coefficient (Wildman–Crippen LogP) is -1.15. The summed E-state index contributed by atoms with van der Waals surface area (Å²) in [4.78, 5) is 35.3. The molecule has 6 heterocycles. The minimum Gasteiger partial charge on any atom is -0.478 e. The number of fused-ring (bicyclic) bond motifs is 4. The Morgan fingerprint density at radius 1 is 1.16 bits per heavy atom. The van der Waals surface area contributed by atoms with Gasteiger partial charge in [0.25, 0.3) is 0 Å². The van der Waals surface area contributed by atoms with Crippen molar-refractivity contribution in [1.82, 2.24) is 0 Å². The van der Waals surface area contributed by atoms with E-state index in [1.807, 2.05) is 26.0 Å². The summed E-state index contributed by atoms with van der Waals surface area (Å²) in [6.45, 7) is 6.43. The van der Waals surface area contributed by atoms with E-state index in [1.165, 1.54) is 6.07 Å². The molecule has 7 N–H and O–H groups in total. The van der Waals surface area contributed by atoms with Gasteiger partial charge in [0.05, 0.1) is 23.8 Å². The van der Waals surface area contributed by atoms with E-state index in [2.05, 4.69) is 16.9 Å². The number of hydrogen-bond acceptors (Lipinski definition) is 12. The van der Waals surface area contributed by atoms with Gasteiger partial charge in [0.1, 0.15) is 72.6 Å². The molecule has 7 rings (SSSR count). The van der Waals surface area contributed by atoms with E-state index >= 15 is 0 Å². The van der Waals surface area contributed by atoms with Crippen molar-refractivity contribution < 1.29 is 54.3 Å². The fourth-order valence-electron chi connectivity index (χ4n) is 7.60. The number of ether oxygens (including phenoxy) is 1. The number of aliphatic imine (C=N–C) groups is 2. The Labute approximate surface area is 288 Å². The smallest absolute Gasteiger partial charge is 0.222 e. The van der Waals surface area contributed by atoms with Crippen LogP contribution in [0.3, 0.4) is 0 Å². The molecular formula is C36H44N4O10+2. The zero-order valence-electron chi connectivity index (χ0n) is 28.4. The second kappa shape index (κ2) is 13.1. The summed E-state index contributed by atoms with van der Waals surface area (Å²) in [6.07, 6.45) is 5.71. The van der Waals surface area contributed by atoms with Crippen LogP contribution < -0.4 is 20.0 Å². The maximum absolute atomic E-state index is 13.3. The summed E-state index contributed by atoms with van der Waals surface area (Å²) in [5, 5.41) is 54.1. The molecule has 5 aliphatic rings. The number of nitrogens with one attached hydrogen (secondary N) is 2. The van der Waals surface area contributed by atoms with Crippen LogP contribution in [0.15, 0.2) is 79.4 Å². The van der Waals surface area contributed by atoms with Crippen LogP contribution in [0.5, 0.6) is 5.75 Å². The molecule has 8 atom stereocenters. The molecule has 0 amide bonds. The van der Waals surface area contributed by atoms with Gasteiger partial charge in [-0.3, -0.25) is 24.6 Å². The lowest BCUT2D eigenvalue weighted by atomic mass is 9.86. The Bertz CT molecular complexity index is 1940. The third kappa shape index (κ3) is 5.80. The van der Waals surface area contributed by atoms with Crippen molar-refractivity contribution in [1.29, 1.82) is 0 Å². The van der Waals surface area contributed by atoms with Crippen LogP contribution in [0.2, 0.25) is 0 Å². The summed E-state index contributed by atoms with van der Waals surface area (Å²) < 4.78 is 12.9. The number of allylic oxidation sites excluding steroid dienone is 2. The molecule has 0 saturated carbocycles. The van der Waals surface area contributed by atoms with Crippen molar-refractivity contribution in [2.45, 2.75) is 82.2 Å². The molecule has 5 aliphatic heterocycles. The molecule has 0 spiro atoms. The minimum absolute atomic E-state index is 0.180. The van der Waals surface area contributed by atoms with E-state index in [9.17, 15) is 30.3 Å². The molecule has 0 aliphatic carbocycles. The molecule has 14 nitrogen and oxygen atoms in total. The second-order valence-electron chi connectivity index (χ2n) is 14.1. The first-order valence-corrected chi connectivity index (χ1v) is 16.9. The lowest BCUT2D eigenvalue weighted by Gasteiger charge is -2.41. The summed E-state index contributed by atoms with van der Waals surface area (Å²) in [7, 11) is 0. The van der Waals surface area contributed by atoms with Gasteiger partial charge < -0.3 is 34.7 Å². The molecule has 3 unspecified atom stereocenters. The van der Waals surface area contributed by atoms with E-state index < -0.39 is 48.8 Å². The SMILES string of the molecule is CCC1=C2C=CN=C2C[NH+]1c1c2c(cc3c(=O)cc(C)oc13)C[C@@H](OOC[C@H](O)[C@](O)(C[NH+]1C=CC3=NC=CC31)[C@H](O)[C@H](O)CO)C(C)(C)O2. The van der Waals surface area contributed by atoms with Gasteiger partial charge in [0.15, 0.2) is 22.8 Å². The van der Waals surface area contributed by atoms with Gasteiger partial charge in [-0.15, -0.1) is 0 Å². The summed E-state index contributed by atoms with van der Waals surface area (Å²) in [5.41, 5.74) is 2.35. The number of benzene rings is 1. The van der Waals surface area contributed by atoms with Crippen LogP contribution in [0.1, 0.15) is 38.5 Å². The Morgan fingerprint density at radius 3 is 2.72 bits per heavy atom. The maximum Gasteiger partial charge on any atom is 0.222 e. The highest BCUT2D eigenvalue weighted by atomic mass is 17.2. The second-order valence-corrected chi connectivity index (χ2v) is 14.1. The van der Waals surface area contributed by atoms with Gasteiger partial charge in [0.2, 0.25) is 11.3 Å². The summed E-state index contributed by atoms with van der Waals surface area (Å²) in [5.74, 6) is 1.07. The Kier molecular flexibility index (Phi) is 9.03. The lowest BCUT2D eigenvalue weighted by Crippen LogP contribution is -3.13. The van der Waals surface area contributed by atoms with Gasteiger partial charge in [-0.25, -0.2) is 9.78 Å². The van der Waals surface area contributed by atoms with Crippen molar-refractivity contribution >= 4 is 28.1 Å². The highest BCUT2D eigenvalue weighted by Gasteiger charge is 2.52. The molecule has 0 saturated heterocycles. The molecule has 1 aromatic heterocycles. The van der Waals surface area contributed by atoms with Crippen LogP contribution in [-0.2, 0) is 16.2 Å². The number of quaternary nitrogens is 2. The molecule has 0 radical (unpaired) electrons. The molecule has 1 aromatic carbocycles. The largest absolute Gasteiger partial charge is 0.478 e. The normalized spacial score (nSPS) is 27.5. The maximum atomic E-state index is 13.3. The fraction of sp³-hybridized carbons (Fsp3) is 0.472. The zero-order valence-corrected chi connectivity index (χ0v) is 28.4. The third-order valence-electron chi connectivity index (χ3n) is 10.4. The van der Waals surface area contributed by atoms with Crippen LogP contribution in [-0.4, -0.2) is 105 Å². The van der Waals surface area contributed by atoms with Gasteiger partial charge in [-0.2, -0.15) is 0 Å². The highest BCUT2D eigenvalue weighted by Crippen LogP contribution is 2.43. The van der Waals surface area contributed by atoms with Gasteiger partial charge in [0, 0.05) is 42.9 Å². The number of aliphatic hydroxyl groups excluding tert-OH is 4. The number of hydrogen-bond donors (Lipinski definition) is 7. The average Bonchev–Trinajstić information content (AvgIpc) is 3.87. The summed E-state index contributed by atoms with van der Waals surface area (Å²) >= 11 is 0. The zero-order chi connectivity index (χ0) is 35.5. The number of rotatable bonds is 12. The molecule has 0 fully saturated rings. The average molecular weight is 693 g/mol. The molecule has 14 heteroatoms. The number of nitrogens with zero attached hydrogens (tertiary/aromatic N) is 2. The van der Waals surface area contributed by atoms with Crippen molar-refractivity contribution in [2.24, 2.45) is 9.98 Å². The highest BCUT2D eigenvalue weighted by molar-refractivity contribution is 6.08. The quantitative estimate of drug-likeness (QED) is 0.106. The van der Waals surface area contributed by atoms with E-state index in [0.29, 0.717) is 39.5 Å².